The fourth-order valence-electron chi connectivity index (χ4n) is 2.66. The van der Waals surface area contributed by atoms with Gasteiger partial charge < -0.3 is 10.2 Å². The Labute approximate surface area is 132 Å². The predicted molar refractivity (Wildman–Crippen MR) is 87.2 cm³/mol. The summed E-state index contributed by atoms with van der Waals surface area (Å²) in [6.07, 6.45) is 3.84. The van der Waals surface area contributed by atoms with Gasteiger partial charge in [0.25, 0.3) is 0 Å². The molecule has 110 valence electrons. The highest BCUT2D eigenvalue weighted by atomic mass is 79.9. The van der Waals surface area contributed by atoms with Gasteiger partial charge >= 0.3 is 0 Å². The van der Waals surface area contributed by atoms with Gasteiger partial charge in [0, 0.05) is 31.0 Å². The number of nitrogens with zero attached hydrogens (tertiary/aromatic N) is 2. The molecule has 2 heterocycles. The largest absolute Gasteiger partial charge is 0.382 e. The summed E-state index contributed by atoms with van der Waals surface area (Å²) in [5.41, 5.74) is 0.854. The predicted octanol–water partition coefficient (Wildman–Crippen LogP) is 4.06. The van der Waals surface area contributed by atoms with Crippen LogP contribution < -0.4 is 10.2 Å². The van der Waals surface area contributed by atoms with Crippen LogP contribution in [-0.4, -0.2) is 24.1 Å². The molecule has 1 saturated heterocycles. The van der Waals surface area contributed by atoms with Crippen molar-refractivity contribution in [3.8, 4) is 0 Å². The van der Waals surface area contributed by atoms with E-state index in [0.29, 0.717) is 6.04 Å². The van der Waals surface area contributed by atoms with Crippen LogP contribution >= 0.6 is 15.9 Å². The number of aromatic nitrogens is 1. The molecule has 3 rings (SSSR count). The molecule has 0 bridgehead atoms. The van der Waals surface area contributed by atoms with E-state index >= 15 is 0 Å². The molecule has 1 fully saturated rings. The van der Waals surface area contributed by atoms with Crippen LogP contribution in [0.2, 0.25) is 0 Å². The molecule has 1 aromatic heterocycles. The third-order valence-corrected chi connectivity index (χ3v) is 4.35. The molecule has 0 spiro atoms. The molecular formula is C16H17BrFN3. The molecule has 0 saturated carbocycles. The topological polar surface area (TPSA) is 28.2 Å². The van der Waals surface area contributed by atoms with Crippen molar-refractivity contribution in [3.63, 3.8) is 0 Å². The van der Waals surface area contributed by atoms with Gasteiger partial charge in [0.05, 0.1) is 4.47 Å². The molecule has 1 aliphatic heterocycles. The number of hydrogen-bond acceptors (Lipinski definition) is 3. The average molecular weight is 350 g/mol. The summed E-state index contributed by atoms with van der Waals surface area (Å²) >= 11 is 3.55. The van der Waals surface area contributed by atoms with Crippen molar-refractivity contribution in [1.29, 1.82) is 0 Å². The molecule has 1 aliphatic rings. The van der Waals surface area contributed by atoms with Gasteiger partial charge in [-0.2, -0.15) is 0 Å². The van der Waals surface area contributed by atoms with E-state index in [4.69, 9.17) is 0 Å². The lowest BCUT2D eigenvalue weighted by Crippen LogP contribution is -2.39. The summed E-state index contributed by atoms with van der Waals surface area (Å²) in [5.74, 6) is 0.802. The third-order valence-electron chi connectivity index (χ3n) is 3.73. The number of piperidine rings is 1. The third kappa shape index (κ3) is 3.53. The van der Waals surface area contributed by atoms with Crippen molar-refractivity contribution < 1.29 is 4.39 Å². The molecule has 0 amide bonds. The molecule has 0 radical (unpaired) electrons. The summed E-state index contributed by atoms with van der Waals surface area (Å²) in [7, 11) is 0. The Morgan fingerprint density at radius 3 is 2.71 bits per heavy atom. The van der Waals surface area contributed by atoms with E-state index < -0.39 is 0 Å². The Kier molecular flexibility index (Phi) is 4.39. The lowest BCUT2D eigenvalue weighted by molar-refractivity contribution is 0.522. The molecule has 2 aromatic rings. The second kappa shape index (κ2) is 6.43. The van der Waals surface area contributed by atoms with E-state index in [1.54, 1.807) is 12.1 Å². The minimum absolute atomic E-state index is 0.199. The molecule has 0 unspecified atom stereocenters. The van der Waals surface area contributed by atoms with E-state index in [-0.39, 0.29) is 5.82 Å². The zero-order valence-electron chi connectivity index (χ0n) is 11.6. The summed E-state index contributed by atoms with van der Waals surface area (Å²) in [4.78, 5) is 6.72. The minimum Gasteiger partial charge on any atom is -0.382 e. The van der Waals surface area contributed by atoms with Crippen molar-refractivity contribution >= 4 is 27.4 Å². The molecule has 3 nitrogen and oxygen atoms in total. The van der Waals surface area contributed by atoms with Crippen LogP contribution in [0.5, 0.6) is 0 Å². The van der Waals surface area contributed by atoms with Crippen molar-refractivity contribution in [2.24, 2.45) is 0 Å². The average Bonchev–Trinajstić information content (AvgIpc) is 2.49. The number of nitrogens with one attached hydrogen (secondary N) is 1. The van der Waals surface area contributed by atoms with Crippen molar-refractivity contribution in [2.45, 2.75) is 18.9 Å². The normalized spacial score (nSPS) is 16.0. The second-order valence-corrected chi connectivity index (χ2v) is 6.08. The maximum Gasteiger partial charge on any atom is 0.142 e. The Morgan fingerprint density at radius 2 is 2.00 bits per heavy atom. The maximum absolute atomic E-state index is 13.2. The number of halogens is 2. The smallest absolute Gasteiger partial charge is 0.142 e. The van der Waals surface area contributed by atoms with Gasteiger partial charge in [0.1, 0.15) is 11.6 Å². The first-order valence-corrected chi connectivity index (χ1v) is 7.89. The molecule has 1 aromatic carbocycles. The van der Waals surface area contributed by atoms with Crippen molar-refractivity contribution in [2.75, 3.05) is 23.3 Å². The molecule has 0 aliphatic carbocycles. The summed E-state index contributed by atoms with van der Waals surface area (Å²) in [6, 6.07) is 11.0. The van der Waals surface area contributed by atoms with Gasteiger partial charge in [0.15, 0.2) is 0 Å². The highest BCUT2D eigenvalue weighted by Crippen LogP contribution is 2.26. The zero-order valence-corrected chi connectivity index (χ0v) is 13.2. The van der Waals surface area contributed by atoms with Gasteiger partial charge in [-0.3, -0.25) is 0 Å². The van der Waals surface area contributed by atoms with Gasteiger partial charge in [0.2, 0.25) is 0 Å². The Balaban J connectivity index is 1.59. The Hall–Kier alpha value is -1.62. The fourth-order valence-corrected chi connectivity index (χ4v) is 3.17. The van der Waals surface area contributed by atoms with Crippen LogP contribution in [0.1, 0.15) is 12.8 Å². The second-order valence-electron chi connectivity index (χ2n) is 5.22. The van der Waals surface area contributed by atoms with Crippen molar-refractivity contribution in [3.05, 3.63) is 52.9 Å². The number of hydrogen-bond donors (Lipinski definition) is 1. The first-order chi connectivity index (χ1) is 10.2. The quantitative estimate of drug-likeness (QED) is 0.905. The Morgan fingerprint density at radius 1 is 1.19 bits per heavy atom. The van der Waals surface area contributed by atoms with Gasteiger partial charge in [-0.15, -0.1) is 0 Å². The van der Waals surface area contributed by atoms with Gasteiger partial charge in [-0.1, -0.05) is 6.07 Å². The maximum atomic E-state index is 13.2. The van der Waals surface area contributed by atoms with Crippen LogP contribution in [-0.2, 0) is 0 Å². The molecular weight excluding hydrogens is 333 g/mol. The van der Waals surface area contributed by atoms with Crippen LogP contribution in [0.25, 0.3) is 0 Å². The lowest BCUT2D eigenvalue weighted by atomic mass is 10.0. The Bertz CT molecular complexity index is 612. The van der Waals surface area contributed by atoms with Crippen LogP contribution in [0, 0.1) is 5.82 Å². The molecule has 21 heavy (non-hydrogen) atoms. The molecule has 0 atom stereocenters. The number of pyridine rings is 1. The van der Waals surface area contributed by atoms with Crippen LogP contribution in [0.4, 0.5) is 15.9 Å². The zero-order chi connectivity index (χ0) is 14.7. The summed E-state index contributed by atoms with van der Waals surface area (Å²) < 4.78 is 14.2. The van der Waals surface area contributed by atoms with E-state index in [1.807, 2.05) is 24.4 Å². The standard InChI is InChI=1S/C16H17BrFN3/c17-15-5-2-8-19-16(15)21-9-6-13(7-10-21)20-14-4-1-3-12(18)11-14/h1-5,8,11,13,20H,6-7,9-10H2. The monoisotopic (exact) mass is 349 g/mol. The number of benzene rings is 1. The van der Waals surface area contributed by atoms with Crippen LogP contribution in [0.15, 0.2) is 47.1 Å². The van der Waals surface area contributed by atoms with Gasteiger partial charge in [-0.25, -0.2) is 9.37 Å². The summed E-state index contributed by atoms with van der Waals surface area (Å²) in [6.45, 7) is 1.89. The van der Waals surface area contributed by atoms with E-state index in [9.17, 15) is 4.39 Å². The van der Waals surface area contributed by atoms with Gasteiger partial charge in [-0.05, 0) is 59.1 Å². The molecule has 1 N–H and O–H groups in total. The summed E-state index contributed by atoms with van der Waals surface area (Å²) in [5, 5.41) is 3.41. The minimum atomic E-state index is -0.199. The fraction of sp³-hybridized carbons (Fsp3) is 0.312. The highest BCUT2D eigenvalue weighted by molar-refractivity contribution is 9.10. The number of anilines is 2. The first kappa shape index (κ1) is 14.3. The van der Waals surface area contributed by atoms with E-state index in [1.165, 1.54) is 6.07 Å². The van der Waals surface area contributed by atoms with E-state index in [2.05, 4.69) is 31.1 Å². The SMILES string of the molecule is Fc1cccc(NC2CCN(c3ncccc3Br)CC2)c1. The highest BCUT2D eigenvalue weighted by Gasteiger charge is 2.21. The first-order valence-electron chi connectivity index (χ1n) is 7.10. The van der Waals surface area contributed by atoms with Crippen molar-refractivity contribution in [1.82, 2.24) is 4.98 Å². The van der Waals surface area contributed by atoms with Crippen LogP contribution in [0.3, 0.4) is 0 Å². The lowest BCUT2D eigenvalue weighted by Gasteiger charge is -2.34. The molecule has 5 heteroatoms. The number of rotatable bonds is 3. The van der Waals surface area contributed by atoms with E-state index in [0.717, 1.165) is 41.9 Å².